The Hall–Kier alpha value is -9.66. The van der Waals surface area contributed by atoms with Crippen LogP contribution in [0.4, 0.5) is 22.7 Å². The minimum absolute atomic E-state index is 0.00826. The van der Waals surface area contributed by atoms with E-state index in [0.717, 1.165) is 5.69 Å². The van der Waals surface area contributed by atoms with Gasteiger partial charge in [0.1, 0.15) is 47.2 Å². The molecule has 31 nitrogen and oxygen atoms in total. The molecule has 0 saturated carbocycles. The summed E-state index contributed by atoms with van der Waals surface area (Å²) in [5.74, 6) is -8.90. The van der Waals surface area contributed by atoms with E-state index in [1.54, 1.807) is 44.2 Å². The van der Waals surface area contributed by atoms with Crippen molar-refractivity contribution in [1.82, 2.24) is 47.4 Å². The van der Waals surface area contributed by atoms with Crippen molar-refractivity contribution in [2.75, 3.05) is 63.6 Å². The molecule has 7 unspecified atom stereocenters. The molecule has 4 aromatic rings. The number of carbonyl (C=O) groups is 11. The summed E-state index contributed by atoms with van der Waals surface area (Å²) in [5.41, 5.74) is 25.2. The van der Waals surface area contributed by atoms with Gasteiger partial charge >= 0.3 is 0 Å². The zero-order valence-corrected chi connectivity index (χ0v) is 54.8. The van der Waals surface area contributed by atoms with E-state index in [1.165, 1.54) is 42.2 Å². The third kappa shape index (κ3) is 24.3. The summed E-state index contributed by atoms with van der Waals surface area (Å²) in [7, 11) is -0.697. The van der Waals surface area contributed by atoms with Gasteiger partial charge in [-0.15, -0.1) is 0 Å². The fourth-order valence-corrected chi connectivity index (χ4v) is 11.0. The average molecular weight is 1340 g/mol. The predicted molar refractivity (Wildman–Crippen MR) is 354 cm³/mol. The van der Waals surface area contributed by atoms with Gasteiger partial charge < -0.3 is 80.6 Å². The highest BCUT2D eigenvalue weighted by atomic mass is 32.2. The van der Waals surface area contributed by atoms with Crippen LogP contribution in [0.25, 0.3) is 10.8 Å². The van der Waals surface area contributed by atoms with E-state index in [0.29, 0.717) is 48.3 Å². The van der Waals surface area contributed by atoms with E-state index in [4.69, 9.17) is 22.9 Å². The van der Waals surface area contributed by atoms with Crippen molar-refractivity contribution in [2.24, 2.45) is 39.1 Å². The Kier molecular flexibility index (Phi) is 29.9. The number of amides is 11. The van der Waals surface area contributed by atoms with E-state index in [1.807, 2.05) is 43.3 Å². The summed E-state index contributed by atoms with van der Waals surface area (Å²) in [5, 5.41) is 32.9. The first-order valence-corrected chi connectivity index (χ1v) is 32.7. The molecular weight excluding hydrogens is 1250 g/mol. The molecule has 1 heterocycles. The van der Waals surface area contributed by atoms with Crippen molar-refractivity contribution >= 4 is 109 Å². The van der Waals surface area contributed by atoms with Gasteiger partial charge in [0.2, 0.25) is 59.1 Å². The van der Waals surface area contributed by atoms with E-state index in [2.05, 4.69) is 58.1 Å². The Balaban J connectivity index is 1.22. The van der Waals surface area contributed by atoms with Crippen LogP contribution >= 0.6 is 0 Å². The van der Waals surface area contributed by atoms with Crippen molar-refractivity contribution in [1.29, 1.82) is 0 Å². The van der Waals surface area contributed by atoms with Crippen molar-refractivity contribution in [3.63, 3.8) is 0 Å². The molecule has 1 saturated heterocycles. The van der Waals surface area contributed by atoms with E-state index >= 15 is 0 Å². The van der Waals surface area contributed by atoms with Crippen LogP contribution in [0.1, 0.15) is 102 Å². The number of rotatable bonds is 38. The fraction of sp³-hybridized carbons (Fsp3) is 0.476. The molecule has 0 spiro atoms. The molecule has 11 amide bonds. The molecule has 0 radical (unpaired) electrons. The second-order valence-electron chi connectivity index (χ2n) is 23.5. The monoisotopic (exact) mass is 1340 g/mol. The normalized spacial score (nSPS) is 14.9. The van der Waals surface area contributed by atoms with Gasteiger partial charge in [0.05, 0.1) is 17.9 Å². The maximum absolute atomic E-state index is 14.2. The number of likely N-dealkylation sites (tertiary alicyclic amines) is 1. The van der Waals surface area contributed by atoms with E-state index < -0.39 is 124 Å². The molecule has 4 aromatic carbocycles. The largest absolute Gasteiger partial charge is 0.383 e. The van der Waals surface area contributed by atoms with Crippen LogP contribution in [0.15, 0.2) is 100 Å². The molecule has 0 aromatic heterocycles. The number of primary amides is 2. The number of fused-ring (bicyclic) bond motifs is 1. The maximum atomic E-state index is 14.2. The van der Waals surface area contributed by atoms with Crippen LogP contribution in [0.5, 0.6) is 0 Å². The smallest absolute Gasteiger partial charge is 0.295 e. The van der Waals surface area contributed by atoms with Crippen LogP contribution in [0, 0.1) is 5.92 Å². The third-order valence-electron chi connectivity index (χ3n) is 15.3. The Morgan fingerprint density at radius 2 is 1.24 bits per heavy atom. The van der Waals surface area contributed by atoms with Gasteiger partial charge in [-0.3, -0.25) is 57.3 Å². The molecular formula is C63H89N17O14S. The van der Waals surface area contributed by atoms with Crippen LogP contribution in [0.3, 0.4) is 0 Å². The summed E-state index contributed by atoms with van der Waals surface area (Å²) in [6, 6.07) is 13.8. The van der Waals surface area contributed by atoms with Gasteiger partial charge in [-0.05, 0) is 144 Å². The Labute approximate surface area is 551 Å². The van der Waals surface area contributed by atoms with Crippen molar-refractivity contribution in [2.45, 2.75) is 139 Å². The van der Waals surface area contributed by atoms with Crippen LogP contribution < -0.4 is 75.7 Å². The van der Waals surface area contributed by atoms with Crippen molar-refractivity contribution < 1.29 is 65.7 Å². The lowest BCUT2D eigenvalue weighted by molar-refractivity contribution is -0.141. The molecule has 18 N–H and O–H groups in total. The second kappa shape index (κ2) is 37.3. The number of nitrogens with two attached hydrogens (primary N) is 4. The highest BCUT2D eigenvalue weighted by molar-refractivity contribution is 7.86. The number of nitrogens with one attached hydrogen (secondary N) is 9. The van der Waals surface area contributed by atoms with E-state index in [-0.39, 0.29) is 99.3 Å². The Morgan fingerprint density at radius 1 is 0.621 bits per heavy atom. The molecule has 32 heteroatoms. The fourth-order valence-electron chi connectivity index (χ4n) is 10.3. The number of unbranched alkanes of at least 4 members (excludes halogenated alkanes) is 1. The van der Waals surface area contributed by atoms with Gasteiger partial charge in [-0.25, -0.2) is 0 Å². The summed E-state index contributed by atoms with van der Waals surface area (Å²) < 4.78 is 33.8. The highest BCUT2D eigenvalue weighted by Crippen LogP contribution is 2.29. The van der Waals surface area contributed by atoms with Crippen LogP contribution in [-0.4, -0.2) is 179 Å². The average Bonchev–Trinajstić information content (AvgIpc) is 0.879. The zero-order valence-electron chi connectivity index (χ0n) is 54.0. The molecule has 1 aliphatic rings. The number of nitrogens with zero attached hydrogens (tertiary/aromatic N) is 4. The molecule has 516 valence electrons. The third-order valence-corrected chi connectivity index (χ3v) is 16.3. The molecule has 1 fully saturated rings. The van der Waals surface area contributed by atoms with Gasteiger partial charge in [-0.2, -0.15) is 18.6 Å². The molecule has 0 bridgehead atoms. The maximum Gasteiger partial charge on any atom is 0.295 e. The van der Waals surface area contributed by atoms with Gasteiger partial charge in [0.25, 0.3) is 16.0 Å². The Morgan fingerprint density at radius 3 is 1.86 bits per heavy atom. The molecule has 0 aliphatic carbocycles. The first-order valence-electron chi connectivity index (χ1n) is 31.3. The summed E-state index contributed by atoms with van der Waals surface area (Å²) in [4.78, 5) is 151. The number of azo groups is 1. The topological polar surface area (TPSA) is 486 Å². The van der Waals surface area contributed by atoms with Crippen molar-refractivity contribution in [3.05, 3.63) is 90.5 Å². The second-order valence-corrected chi connectivity index (χ2v) is 24.9. The number of benzene rings is 4. The number of anilines is 2. The lowest BCUT2D eigenvalue weighted by Crippen LogP contribution is -2.58. The molecule has 7 atom stereocenters. The minimum atomic E-state index is -4.54. The number of carbonyl (C=O) groups excluding carboxylic acids is 11. The van der Waals surface area contributed by atoms with E-state index in [9.17, 15) is 65.7 Å². The van der Waals surface area contributed by atoms with Crippen molar-refractivity contribution in [3.8, 4) is 0 Å². The lowest BCUT2D eigenvalue weighted by atomic mass is 10.0. The highest BCUT2D eigenvalue weighted by Gasteiger charge is 2.39. The molecule has 95 heavy (non-hydrogen) atoms. The first-order chi connectivity index (χ1) is 45.1. The van der Waals surface area contributed by atoms with Crippen LogP contribution in [0.2, 0.25) is 0 Å². The summed E-state index contributed by atoms with van der Waals surface area (Å²) in [6.07, 6.45) is 0.302. The lowest BCUT2D eigenvalue weighted by Gasteiger charge is -2.29. The number of hydrogen-bond donors (Lipinski definition) is 14. The van der Waals surface area contributed by atoms with Crippen LogP contribution in [-0.2, 0) is 58.1 Å². The zero-order chi connectivity index (χ0) is 69.9. The number of hydrogen-bond acceptors (Lipinski definition) is 19. The molecule has 1 aliphatic heterocycles. The van der Waals surface area contributed by atoms with Gasteiger partial charge in [0, 0.05) is 74.3 Å². The predicted octanol–water partition coefficient (Wildman–Crippen LogP) is 0.501. The van der Waals surface area contributed by atoms with Gasteiger partial charge in [-0.1, -0.05) is 38.1 Å². The molecule has 5 rings (SSSR count). The standard InChI is InChI=1S/C63H89N17O14S/c1-37(2)35-50(61(89)74-48(60(88)71-38(3)57(85)73-46(56(67)84)13-6-7-30-64)26-28-54(82)69-33-32-68-45-14-8-12-44-43(45)11-9-16-52(44)95(92,93)94)72-55(83)36-70-59(87)47(25-27-53(66)81)75-62(90)51-15-10-34-80(51)63(91)49(29-31-65)76-58(86)39-17-19-40(20-18-39)77-78-41-21-23-42(24-22-41)79(4)5/h8-9,11-12,14,16-24,37-38,46-51,68H,6-7,10,13,15,25-36,64-65H2,1-5H3,(H2,66,81)(H2,67,84)(H,69,82)(H,70,87)(H,71,88)(H,72,83)(H,73,85)(H,74,89)(H,75,90)(H,76,86)(H,92,93,94). The summed E-state index contributed by atoms with van der Waals surface area (Å²) in [6.45, 7) is 4.64. The Bertz CT molecular complexity index is 3500. The SMILES string of the molecule is CC(C)CC(NC(=O)CNC(=O)C(CCC(N)=O)NC(=O)C1CCCN1C(=O)C(CCN)NC(=O)c1ccc(N=Nc2ccc(N(C)C)cc2)cc1)C(=O)NC(CCC(=O)NCCNc1cccc2c(S(=O)(=O)O)cccc12)C(=O)NC(C)C(=O)NC(CCCCN)C(N)=O. The summed E-state index contributed by atoms with van der Waals surface area (Å²) >= 11 is 0. The quantitative estimate of drug-likeness (QED) is 0.0165. The van der Waals surface area contributed by atoms with Gasteiger partial charge in [0.15, 0.2) is 0 Å². The minimum Gasteiger partial charge on any atom is -0.383 e. The first kappa shape index (κ1) is 76.1.